The van der Waals surface area contributed by atoms with Crippen molar-refractivity contribution in [3.05, 3.63) is 71.2 Å². The molecular formula is C21H24N2O3. The normalized spacial score (nSPS) is 28.4. The molecule has 1 aliphatic heterocycles. The number of piperidine rings is 1. The minimum atomic E-state index is -0.877. The summed E-state index contributed by atoms with van der Waals surface area (Å²) in [6, 6.07) is 13.1. The first-order valence-electron chi connectivity index (χ1n) is 9.37. The molecule has 1 aliphatic carbocycles. The summed E-state index contributed by atoms with van der Waals surface area (Å²) in [4.78, 5) is 15.0. The van der Waals surface area contributed by atoms with Crippen LogP contribution >= 0.6 is 0 Å². The lowest BCUT2D eigenvalue weighted by atomic mass is 9.66. The Hall–Kier alpha value is -2.40. The number of rotatable bonds is 2. The Bertz CT molecular complexity index is 778. The first kappa shape index (κ1) is 17.0. The SMILES string of the molecule is O=C(c1cc[n+]([O-])cc1)N1CCC(O)(c2ccccc2)C2CCCCC21. The number of hydrogen-bond donors (Lipinski definition) is 1. The molecule has 4 rings (SSSR count). The largest absolute Gasteiger partial charge is 0.619 e. The molecule has 5 nitrogen and oxygen atoms in total. The molecule has 1 saturated carbocycles. The van der Waals surface area contributed by atoms with Crippen LogP contribution in [0.2, 0.25) is 0 Å². The number of carbonyl (C=O) groups excluding carboxylic acids is 1. The molecular weight excluding hydrogens is 328 g/mol. The number of fused-ring (bicyclic) bond motifs is 1. The predicted molar refractivity (Wildman–Crippen MR) is 97.1 cm³/mol. The summed E-state index contributed by atoms with van der Waals surface area (Å²) in [5.41, 5.74) is 0.611. The van der Waals surface area contributed by atoms with Crippen molar-refractivity contribution < 1.29 is 14.6 Å². The number of nitrogens with zero attached hydrogens (tertiary/aromatic N) is 2. The van der Waals surface area contributed by atoms with Crippen LogP contribution in [0.3, 0.4) is 0 Å². The summed E-state index contributed by atoms with van der Waals surface area (Å²) in [7, 11) is 0. The van der Waals surface area contributed by atoms with Crippen molar-refractivity contribution in [1.29, 1.82) is 0 Å². The Morgan fingerprint density at radius 3 is 2.54 bits per heavy atom. The van der Waals surface area contributed by atoms with E-state index in [1.807, 2.05) is 35.2 Å². The van der Waals surface area contributed by atoms with Crippen LogP contribution in [-0.4, -0.2) is 28.5 Å². The minimum Gasteiger partial charge on any atom is -0.619 e. The minimum absolute atomic E-state index is 0.0368. The van der Waals surface area contributed by atoms with Gasteiger partial charge in [-0.25, -0.2) is 0 Å². The van der Waals surface area contributed by atoms with Crippen molar-refractivity contribution in [1.82, 2.24) is 4.90 Å². The van der Waals surface area contributed by atoms with Gasteiger partial charge in [0.25, 0.3) is 5.91 Å². The van der Waals surface area contributed by atoms with Gasteiger partial charge in [0.05, 0.1) is 11.2 Å². The summed E-state index contributed by atoms with van der Waals surface area (Å²) < 4.78 is 0.685. The number of aromatic nitrogens is 1. The fraction of sp³-hybridized carbons (Fsp3) is 0.429. The maximum Gasteiger partial charge on any atom is 0.254 e. The van der Waals surface area contributed by atoms with Gasteiger partial charge in [-0.2, -0.15) is 4.73 Å². The average molecular weight is 352 g/mol. The van der Waals surface area contributed by atoms with Crippen molar-refractivity contribution in [2.45, 2.75) is 43.7 Å². The Morgan fingerprint density at radius 2 is 1.81 bits per heavy atom. The summed E-state index contributed by atoms with van der Waals surface area (Å²) in [6.45, 7) is 0.525. The van der Waals surface area contributed by atoms with E-state index in [4.69, 9.17) is 0 Å². The zero-order valence-corrected chi connectivity index (χ0v) is 14.8. The van der Waals surface area contributed by atoms with Crippen molar-refractivity contribution in [3.63, 3.8) is 0 Å². The molecule has 2 aromatic rings. The van der Waals surface area contributed by atoms with Crippen LogP contribution < -0.4 is 4.73 Å². The van der Waals surface area contributed by atoms with Crippen LogP contribution in [0, 0.1) is 11.1 Å². The van der Waals surface area contributed by atoms with E-state index in [0.717, 1.165) is 31.2 Å². The molecule has 0 spiro atoms. The van der Waals surface area contributed by atoms with E-state index in [0.29, 0.717) is 23.3 Å². The van der Waals surface area contributed by atoms with Gasteiger partial charge in [0, 0.05) is 30.6 Å². The Balaban J connectivity index is 1.64. The van der Waals surface area contributed by atoms with Gasteiger partial charge in [-0.3, -0.25) is 4.79 Å². The lowest BCUT2D eigenvalue weighted by Gasteiger charge is -2.52. The molecule has 0 radical (unpaired) electrons. The number of amides is 1. The molecule has 2 aliphatic rings. The Kier molecular flexibility index (Phi) is 4.41. The van der Waals surface area contributed by atoms with Gasteiger partial charge in [-0.1, -0.05) is 43.2 Å². The number of likely N-dealkylation sites (tertiary alicyclic amines) is 1. The molecule has 3 unspecified atom stereocenters. The number of hydrogen-bond acceptors (Lipinski definition) is 3. The third-order valence-corrected chi connectivity index (χ3v) is 6.06. The number of carbonyl (C=O) groups is 1. The molecule has 1 saturated heterocycles. The molecule has 136 valence electrons. The average Bonchev–Trinajstić information content (AvgIpc) is 2.69. The van der Waals surface area contributed by atoms with E-state index in [-0.39, 0.29) is 17.9 Å². The van der Waals surface area contributed by atoms with Gasteiger partial charge in [-0.15, -0.1) is 0 Å². The Morgan fingerprint density at radius 1 is 1.12 bits per heavy atom. The van der Waals surface area contributed by atoms with Crippen molar-refractivity contribution in [2.75, 3.05) is 6.54 Å². The highest BCUT2D eigenvalue weighted by molar-refractivity contribution is 5.94. The first-order chi connectivity index (χ1) is 12.6. The summed E-state index contributed by atoms with van der Waals surface area (Å²) in [5.74, 6) is 0.00196. The van der Waals surface area contributed by atoms with Crippen LogP contribution in [0.4, 0.5) is 0 Å². The van der Waals surface area contributed by atoms with Crippen LogP contribution in [0.1, 0.15) is 48.0 Å². The van der Waals surface area contributed by atoms with Gasteiger partial charge >= 0.3 is 0 Å². The van der Waals surface area contributed by atoms with E-state index >= 15 is 0 Å². The van der Waals surface area contributed by atoms with E-state index in [1.54, 1.807) is 12.1 Å². The zero-order valence-electron chi connectivity index (χ0n) is 14.8. The maximum absolute atomic E-state index is 13.0. The van der Waals surface area contributed by atoms with Crippen molar-refractivity contribution >= 4 is 5.91 Å². The van der Waals surface area contributed by atoms with Crippen molar-refractivity contribution in [3.8, 4) is 0 Å². The third kappa shape index (κ3) is 2.86. The maximum atomic E-state index is 13.0. The highest BCUT2D eigenvalue weighted by atomic mass is 16.5. The summed E-state index contributed by atoms with van der Waals surface area (Å²) in [6.07, 6.45) is 7.25. The second kappa shape index (κ2) is 6.72. The molecule has 1 N–H and O–H groups in total. The molecule has 0 bridgehead atoms. The topological polar surface area (TPSA) is 67.5 Å². The molecule has 1 aromatic heterocycles. The second-order valence-electron chi connectivity index (χ2n) is 7.44. The summed E-state index contributed by atoms with van der Waals surface area (Å²) in [5, 5.41) is 22.8. The van der Waals surface area contributed by atoms with E-state index in [1.165, 1.54) is 12.4 Å². The van der Waals surface area contributed by atoms with E-state index in [9.17, 15) is 15.1 Å². The van der Waals surface area contributed by atoms with E-state index < -0.39 is 5.60 Å². The van der Waals surface area contributed by atoms with Crippen LogP contribution in [0.25, 0.3) is 0 Å². The zero-order chi connectivity index (χ0) is 18.1. The van der Waals surface area contributed by atoms with Crippen LogP contribution in [-0.2, 0) is 5.60 Å². The third-order valence-electron chi connectivity index (χ3n) is 6.06. The highest BCUT2D eigenvalue weighted by Crippen LogP contribution is 2.47. The Labute approximate surface area is 153 Å². The fourth-order valence-electron chi connectivity index (χ4n) is 4.74. The molecule has 1 amide bonds. The predicted octanol–water partition coefficient (Wildman–Crippen LogP) is 2.61. The number of benzene rings is 1. The second-order valence-corrected chi connectivity index (χ2v) is 7.44. The molecule has 2 fully saturated rings. The van der Waals surface area contributed by atoms with Gasteiger partial charge in [0.15, 0.2) is 12.4 Å². The number of aliphatic hydroxyl groups is 1. The summed E-state index contributed by atoms with van der Waals surface area (Å²) >= 11 is 0. The molecule has 2 heterocycles. The smallest absolute Gasteiger partial charge is 0.254 e. The molecule has 5 heteroatoms. The van der Waals surface area contributed by atoms with Crippen molar-refractivity contribution in [2.24, 2.45) is 5.92 Å². The van der Waals surface area contributed by atoms with Gasteiger partial charge in [-0.05, 0) is 24.8 Å². The monoisotopic (exact) mass is 352 g/mol. The van der Waals surface area contributed by atoms with Gasteiger partial charge in [0.2, 0.25) is 0 Å². The van der Waals surface area contributed by atoms with E-state index in [2.05, 4.69) is 0 Å². The van der Waals surface area contributed by atoms with Gasteiger partial charge < -0.3 is 15.2 Å². The fourth-order valence-corrected chi connectivity index (χ4v) is 4.74. The quantitative estimate of drug-likeness (QED) is 0.667. The molecule has 3 atom stereocenters. The number of pyridine rings is 1. The molecule has 1 aromatic carbocycles. The standard InChI is InChI=1S/C21H24N2O3/c24-20(16-10-13-22(26)14-11-16)23-15-12-21(25,17-6-2-1-3-7-17)18-8-4-5-9-19(18)23/h1-3,6-7,10-11,13-14,18-19,25H,4-5,8-9,12,15H2. The lowest BCUT2D eigenvalue weighted by Crippen LogP contribution is -2.59. The lowest BCUT2D eigenvalue weighted by molar-refractivity contribution is -0.605. The van der Waals surface area contributed by atoms with Crippen LogP contribution in [0.5, 0.6) is 0 Å². The van der Waals surface area contributed by atoms with Crippen LogP contribution in [0.15, 0.2) is 54.9 Å². The van der Waals surface area contributed by atoms with Gasteiger partial charge in [0.1, 0.15) is 0 Å². The first-order valence-corrected chi connectivity index (χ1v) is 9.37. The molecule has 26 heavy (non-hydrogen) atoms. The highest BCUT2D eigenvalue weighted by Gasteiger charge is 2.50.